The maximum atomic E-state index is 11.3. The third-order valence-corrected chi connectivity index (χ3v) is 3.18. The maximum Gasteiger partial charge on any atom is 0.231 e. The van der Waals surface area contributed by atoms with Crippen molar-refractivity contribution in [3.63, 3.8) is 0 Å². The quantitative estimate of drug-likeness (QED) is 0.712. The molecule has 3 nitrogen and oxygen atoms in total. The lowest BCUT2D eigenvalue weighted by Crippen LogP contribution is -2.24. The van der Waals surface area contributed by atoms with Crippen molar-refractivity contribution < 1.29 is 8.42 Å². The van der Waals surface area contributed by atoms with Crippen LogP contribution in [0.5, 0.6) is 0 Å². The monoisotopic (exact) mass is 223 g/mol. The Hall–Kier alpha value is -1.47. The van der Waals surface area contributed by atoms with E-state index in [1.54, 1.807) is 25.1 Å². The van der Waals surface area contributed by atoms with Crippen LogP contribution in [0.3, 0.4) is 0 Å². The number of sulfonamides is 1. The summed E-state index contributed by atoms with van der Waals surface area (Å²) in [7, 11) is -1.68. The Morgan fingerprint density at radius 2 is 2.00 bits per heavy atom. The summed E-state index contributed by atoms with van der Waals surface area (Å²) in [5.41, 5.74) is 1.43. The summed E-state index contributed by atoms with van der Waals surface area (Å²) in [5, 5.41) is 0. The van der Waals surface area contributed by atoms with Crippen LogP contribution < -0.4 is 4.31 Å². The fourth-order valence-corrected chi connectivity index (χ4v) is 1.61. The zero-order valence-corrected chi connectivity index (χ0v) is 9.80. The normalized spacial score (nSPS) is 10.3. The molecule has 1 aromatic rings. The number of benzene rings is 1. The molecule has 0 unspecified atom stereocenters. The molecular formula is C11H13NO2S. The zero-order valence-electron chi connectivity index (χ0n) is 8.98. The van der Waals surface area contributed by atoms with Crippen molar-refractivity contribution in [3.05, 3.63) is 29.8 Å². The van der Waals surface area contributed by atoms with Crippen LogP contribution in [0.2, 0.25) is 0 Å². The predicted octanol–water partition coefficient (Wildman–Crippen LogP) is 1.45. The summed E-state index contributed by atoms with van der Waals surface area (Å²) >= 11 is 0. The molecule has 0 N–H and O–H groups in total. The van der Waals surface area contributed by atoms with Gasteiger partial charge in [0.25, 0.3) is 0 Å². The summed E-state index contributed by atoms with van der Waals surface area (Å²) in [6.45, 7) is 1.74. The first-order valence-electron chi connectivity index (χ1n) is 4.42. The predicted molar refractivity (Wildman–Crippen MR) is 62.2 cm³/mol. The van der Waals surface area contributed by atoms with E-state index in [0.717, 1.165) is 5.56 Å². The van der Waals surface area contributed by atoms with Gasteiger partial charge in [0.2, 0.25) is 10.0 Å². The largest absolute Gasteiger partial charge is 0.273 e. The van der Waals surface area contributed by atoms with Crippen LogP contribution in [0.1, 0.15) is 12.5 Å². The van der Waals surface area contributed by atoms with Crippen LogP contribution in [-0.4, -0.2) is 21.7 Å². The smallest absolute Gasteiger partial charge is 0.231 e. The van der Waals surface area contributed by atoms with Crippen molar-refractivity contribution >= 4 is 15.7 Å². The molecule has 1 aromatic carbocycles. The van der Waals surface area contributed by atoms with Crippen LogP contribution in [-0.2, 0) is 10.0 Å². The van der Waals surface area contributed by atoms with E-state index >= 15 is 0 Å². The van der Waals surface area contributed by atoms with Gasteiger partial charge in [0, 0.05) is 12.6 Å². The van der Waals surface area contributed by atoms with E-state index in [1.165, 1.54) is 17.6 Å². The molecule has 0 aromatic heterocycles. The molecule has 0 spiro atoms. The van der Waals surface area contributed by atoms with E-state index in [1.807, 2.05) is 6.07 Å². The number of hydrogen-bond donors (Lipinski definition) is 0. The van der Waals surface area contributed by atoms with Crippen molar-refractivity contribution in [2.45, 2.75) is 6.92 Å². The standard InChI is InChI=1S/C11H13NO2S/c1-4-6-10-7-5-8-11(9-10)12(2)15(3,13)14/h5,7-9H,1-3H3. The van der Waals surface area contributed by atoms with Crippen molar-refractivity contribution in [1.29, 1.82) is 0 Å². The van der Waals surface area contributed by atoms with Crippen LogP contribution in [0, 0.1) is 11.8 Å². The van der Waals surface area contributed by atoms with Gasteiger partial charge in [-0.05, 0) is 25.1 Å². The fraction of sp³-hybridized carbons (Fsp3) is 0.273. The first-order valence-corrected chi connectivity index (χ1v) is 6.26. The molecule has 0 aliphatic rings. The molecule has 0 saturated carbocycles. The zero-order chi connectivity index (χ0) is 11.5. The molecule has 0 amide bonds. The van der Waals surface area contributed by atoms with Gasteiger partial charge in [-0.1, -0.05) is 12.0 Å². The van der Waals surface area contributed by atoms with E-state index < -0.39 is 10.0 Å². The minimum Gasteiger partial charge on any atom is -0.273 e. The van der Waals surface area contributed by atoms with Gasteiger partial charge >= 0.3 is 0 Å². The lowest BCUT2D eigenvalue weighted by atomic mass is 10.2. The van der Waals surface area contributed by atoms with Gasteiger partial charge in [-0.2, -0.15) is 0 Å². The SMILES string of the molecule is CC#Cc1cccc(N(C)S(C)(=O)=O)c1. The first-order chi connectivity index (χ1) is 6.95. The highest BCUT2D eigenvalue weighted by Crippen LogP contribution is 2.16. The molecule has 0 radical (unpaired) electrons. The highest BCUT2D eigenvalue weighted by molar-refractivity contribution is 7.92. The minimum absolute atomic E-state index is 0.623. The number of hydrogen-bond acceptors (Lipinski definition) is 2. The number of nitrogens with zero attached hydrogens (tertiary/aromatic N) is 1. The molecule has 15 heavy (non-hydrogen) atoms. The highest BCUT2D eigenvalue weighted by Gasteiger charge is 2.11. The molecule has 80 valence electrons. The average molecular weight is 223 g/mol. The Morgan fingerprint density at radius 3 is 2.53 bits per heavy atom. The van der Waals surface area contributed by atoms with Crippen molar-refractivity contribution in [1.82, 2.24) is 0 Å². The third kappa shape index (κ3) is 3.00. The van der Waals surface area contributed by atoms with Gasteiger partial charge in [-0.3, -0.25) is 4.31 Å². The Balaban J connectivity index is 3.15. The highest BCUT2D eigenvalue weighted by atomic mass is 32.2. The van der Waals surface area contributed by atoms with Crippen LogP contribution in [0.4, 0.5) is 5.69 Å². The number of rotatable bonds is 2. The minimum atomic E-state index is -3.20. The van der Waals surface area contributed by atoms with E-state index in [0.29, 0.717) is 5.69 Å². The maximum absolute atomic E-state index is 11.3. The van der Waals surface area contributed by atoms with Crippen molar-refractivity contribution in [2.24, 2.45) is 0 Å². The van der Waals surface area contributed by atoms with Gasteiger partial charge in [-0.15, -0.1) is 5.92 Å². The molecule has 0 bridgehead atoms. The van der Waals surface area contributed by atoms with Gasteiger partial charge in [0.15, 0.2) is 0 Å². The summed E-state index contributed by atoms with van der Waals surface area (Å²) < 4.78 is 23.8. The Labute approximate surface area is 90.8 Å². The second-order valence-electron chi connectivity index (χ2n) is 3.16. The van der Waals surface area contributed by atoms with Crippen LogP contribution >= 0.6 is 0 Å². The molecule has 1 rings (SSSR count). The molecule has 0 heterocycles. The third-order valence-electron chi connectivity index (χ3n) is 1.98. The Kier molecular flexibility index (Phi) is 3.38. The molecule has 0 fully saturated rings. The topological polar surface area (TPSA) is 37.4 Å². The van der Waals surface area contributed by atoms with Gasteiger partial charge in [-0.25, -0.2) is 8.42 Å². The van der Waals surface area contributed by atoms with Crippen molar-refractivity contribution in [2.75, 3.05) is 17.6 Å². The van der Waals surface area contributed by atoms with Crippen LogP contribution in [0.15, 0.2) is 24.3 Å². The second-order valence-corrected chi connectivity index (χ2v) is 5.17. The van der Waals surface area contributed by atoms with E-state index in [-0.39, 0.29) is 0 Å². The summed E-state index contributed by atoms with van der Waals surface area (Å²) in [6.07, 6.45) is 1.17. The lowest BCUT2D eigenvalue weighted by molar-refractivity contribution is 0.600. The summed E-state index contributed by atoms with van der Waals surface area (Å²) in [4.78, 5) is 0. The second kappa shape index (κ2) is 4.37. The van der Waals surface area contributed by atoms with Crippen molar-refractivity contribution in [3.8, 4) is 11.8 Å². The molecule has 0 aliphatic carbocycles. The van der Waals surface area contributed by atoms with E-state index in [4.69, 9.17) is 0 Å². The first kappa shape index (κ1) is 11.6. The van der Waals surface area contributed by atoms with Crippen LogP contribution in [0.25, 0.3) is 0 Å². The van der Waals surface area contributed by atoms with E-state index in [9.17, 15) is 8.42 Å². The average Bonchev–Trinajstić information content (AvgIpc) is 2.16. The lowest BCUT2D eigenvalue weighted by Gasteiger charge is -2.16. The molecule has 0 atom stereocenters. The Morgan fingerprint density at radius 1 is 1.33 bits per heavy atom. The molecule has 0 aliphatic heterocycles. The number of anilines is 1. The van der Waals surface area contributed by atoms with Gasteiger partial charge in [0.05, 0.1) is 11.9 Å². The fourth-order valence-electron chi connectivity index (χ4n) is 1.12. The van der Waals surface area contributed by atoms with Gasteiger partial charge < -0.3 is 0 Å². The molecular weight excluding hydrogens is 210 g/mol. The van der Waals surface area contributed by atoms with E-state index in [2.05, 4.69) is 11.8 Å². The summed E-state index contributed by atoms with van der Waals surface area (Å²) in [6, 6.07) is 7.12. The summed E-state index contributed by atoms with van der Waals surface area (Å²) in [5.74, 6) is 5.65. The molecule has 0 saturated heterocycles. The Bertz CT molecular complexity index is 509. The van der Waals surface area contributed by atoms with Gasteiger partial charge in [0.1, 0.15) is 0 Å². The molecule has 4 heteroatoms.